The van der Waals surface area contributed by atoms with Gasteiger partial charge in [0.05, 0.1) is 15.9 Å². The third kappa shape index (κ3) is 4.23. The van der Waals surface area contributed by atoms with Crippen LogP contribution in [0.25, 0.3) is 54.3 Å². The Bertz CT molecular complexity index is 1830. The van der Waals surface area contributed by atoms with Gasteiger partial charge in [-0.3, -0.25) is 0 Å². The fraction of sp³-hybridized carbons (Fsp3) is 0.286. The van der Waals surface area contributed by atoms with E-state index in [1.54, 1.807) is 11.3 Å². The molecule has 0 atom stereocenters. The van der Waals surface area contributed by atoms with E-state index >= 15 is 0 Å². The number of hydrogen-bond acceptors (Lipinski definition) is 3. The van der Waals surface area contributed by atoms with Crippen molar-refractivity contribution >= 4 is 43.3 Å². The number of benzene rings is 3. The van der Waals surface area contributed by atoms with Crippen LogP contribution in [0.3, 0.4) is 0 Å². The molecular formula is C35H35NOS. The van der Waals surface area contributed by atoms with Gasteiger partial charge in [0.1, 0.15) is 11.3 Å². The van der Waals surface area contributed by atoms with Crippen molar-refractivity contribution in [1.29, 1.82) is 0 Å². The summed E-state index contributed by atoms with van der Waals surface area (Å²) in [6.07, 6.45) is 0.960. The molecule has 3 heterocycles. The highest BCUT2D eigenvalue weighted by Crippen LogP contribution is 2.41. The number of aromatic nitrogens is 1. The topological polar surface area (TPSA) is 26.0 Å². The van der Waals surface area contributed by atoms with Gasteiger partial charge in [-0.25, -0.2) is 4.98 Å². The summed E-state index contributed by atoms with van der Waals surface area (Å²) in [7, 11) is 0. The quantitative estimate of drug-likeness (QED) is 0.232. The van der Waals surface area contributed by atoms with Crippen LogP contribution in [0, 0.1) is 19.8 Å². The lowest BCUT2D eigenvalue weighted by Gasteiger charge is -2.23. The Morgan fingerprint density at radius 1 is 0.895 bits per heavy atom. The maximum atomic E-state index is 6.39. The standard InChI is InChI=1S/C35H35NOS/c1-20(2)14-31-22(4)26-13-12-24(17-32(26)37-31)28-18-30(36-33-21(3)19-38-34(28)33)25-15-23-10-8-9-11-27(23)29(16-25)35(5,6)7/h8-13,15-20H,14H2,1-7H3. The molecule has 0 amide bonds. The normalized spacial score (nSPS) is 12.4. The van der Waals surface area contributed by atoms with Crippen LogP contribution in [0.4, 0.5) is 0 Å². The van der Waals surface area contributed by atoms with Crippen LogP contribution in [0.1, 0.15) is 57.1 Å². The van der Waals surface area contributed by atoms with E-state index in [1.807, 2.05) is 0 Å². The lowest BCUT2D eigenvalue weighted by atomic mass is 9.82. The van der Waals surface area contributed by atoms with Crippen molar-refractivity contribution in [2.45, 2.75) is 60.3 Å². The van der Waals surface area contributed by atoms with E-state index in [-0.39, 0.29) is 5.41 Å². The van der Waals surface area contributed by atoms with Gasteiger partial charge in [-0.1, -0.05) is 71.0 Å². The van der Waals surface area contributed by atoms with Gasteiger partial charge in [0, 0.05) is 22.9 Å². The second-order valence-electron chi connectivity index (χ2n) is 12.1. The van der Waals surface area contributed by atoms with Crippen LogP contribution in [-0.2, 0) is 11.8 Å². The fourth-order valence-electron chi connectivity index (χ4n) is 5.57. The fourth-order valence-corrected chi connectivity index (χ4v) is 6.60. The predicted octanol–water partition coefficient (Wildman–Crippen LogP) is 10.6. The Hall–Kier alpha value is -3.43. The first-order valence-corrected chi connectivity index (χ1v) is 14.4. The van der Waals surface area contributed by atoms with Crippen molar-refractivity contribution in [2.75, 3.05) is 0 Å². The Balaban J connectivity index is 1.57. The molecule has 0 radical (unpaired) electrons. The summed E-state index contributed by atoms with van der Waals surface area (Å²) in [5.74, 6) is 1.66. The third-order valence-corrected chi connectivity index (χ3v) is 8.73. The first-order chi connectivity index (χ1) is 18.1. The average Bonchev–Trinajstić information content (AvgIpc) is 3.40. The molecule has 38 heavy (non-hydrogen) atoms. The zero-order valence-electron chi connectivity index (χ0n) is 23.4. The molecule has 0 saturated heterocycles. The van der Waals surface area contributed by atoms with Gasteiger partial charge in [-0.2, -0.15) is 0 Å². The first kappa shape index (κ1) is 24.9. The molecule has 0 unspecified atom stereocenters. The minimum atomic E-state index is 0.0245. The van der Waals surface area contributed by atoms with E-state index < -0.39 is 0 Å². The van der Waals surface area contributed by atoms with Crippen molar-refractivity contribution in [2.24, 2.45) is 5.92 Å². The zero-order valence-corrected chi connectivity index (χ0v) is 24.2. The van der Waals surface area contributed by atoms with Crippen LogP contribution < -0.4 is 0 Å². The van der Waals surface area contributed by atoms with E-state index in [4.69, 9.17) is 9.40 Å². The molecule has 0 aliphatic rings. The minimum absolute atomic E-state index is 0.0245. The maximum absolute atomic E-state index is 6.39. The highest BCUT2D eigenvalue weighted by atomic mass is 32.1. The smallest absolute Gasteiger partial charge is 0.135 e. The molecule has 2 nitrogen and oxygen atoms in total. The Morgan fingerprint density at radius 3 is 2.45 bits per heavy atom. The van der Waals surface area contributed by atoms with Crippen LogP contribution in [0.15, 0.2) is 70.5 Å². The van der Waals surface area contributed by atoms with E-state index in [9.17, 15) is 0 Å². The monoisotopic (exact) mass is 517 g/mol. The molecule has 3 heteroatoms. The van der Waals surface area contributed by atoms with Crippen LogP contribution in [0.5, 0.6) is 0 Å². The summed E-state index contributed by atoms with van der Waals surface area (Å²) in [5.41, 5.74) is 10.5. The number of thiophene rings is 1. The zero-order chi connectivity index (χ0) is 26.8. The largest absolute Gasteiger partial charge is 0.461 e. The van der Waals surface area contributed by atoms with Crippen molar-refractivity contribution in [3.05, 3.63) is 88.5 Å². The van der Waals surface area contributed by atoms with Crippen molar-refractivity contribution in [3.8, 4) is 22.4 Å². The first-order valence-electron chi connectivity index (χ1n) is 13.5. The van der Waals surface area contributed by atoms with Crippen molar-refractivity contribution in [1.82, 2.24) is 4.98 Å². The second kappa shape index (κ2) is 9.10. The molecule has 192 valence electrons. The highest BCUT2D eigenvalue weighted by molar-refractivity contribution is 7.18. The SMILES string of the molecule is Cc1c(CC(C)C)oc2cc(-c3cc(-c4cc(C(C)(C)C)c5ccccc5c4)nc4c(C)csc34)ccc12. The van der Waals surface area contributed by atoms with E-state index in [0.29, 0.717) is 5.92 Å². The number of pyridine rings is 1. The Morgan fingerprint density at radius 2 is 1.68 bits per heavy atom. The van der Waals surface area contributed by atoms with E-state index in [2.05, 4.69) is 115 Å². The molecule has 0 fully saturated rings. The maximum Gasteiger partial charge on any atom is 0.135 e. The summed E-state index contributed by atoms with van der Waals surface area (Å²) in [6, 6.07) is 22.3. The molecule has 0 bridgehead atoms. The lowest BCUT2D eigenvalue weighted by Crippen LogP contribution is -2.12. The highest BCUT2D eigenvalue weighted by Gasteiger charge is 2.20. The lowest BCUT2D eigenvalue weighted by molar-refractivity contribution is 0.496. The van der Waals surface area contributed by atoms with E-state index in [0.717, 1.165) is 34.5 Å². The molecule has 3 aromatic carbocycles. The van der Waals surface area contributed by atoms with Crippen LogP contribution in [-0.4, -0.2) is 4.98 Å². The number of hydrogen-bond donors (Lipinski definition) is 0. The van der Waals surface area contributed by atoms with Crippen LogP contribution in [0.2, 0.25) is 0 Å². The number of fused-ring (bicyclic) bond motifs is 3. The van der Waals surface area contributed by atoms with Crippen molar-refractivity contribution < 1.29 is 4.42 Å². The summed E-state index contributed by atoms with van der Waals surface area (Å²) < 4.78 is 7.62. The predicted molar refractivity (Wildman–Crippen MR) is 164 cm³/mol. The summed E-state index contributed by atoms with van der Waals surface area (Å²) in [6.45, 7) is 15.7. The minimum Gasteiger partial charge on any atom is -0.461 e. The second-order valence-corrected chi connectivity index (χ2v) is 13.0. The number of nitrogens with zero attached hydrogens (tertiary/aromatic N) is 1. The molecule has 6 aromatic rings. The van der Waals surface area contributed by atoms with E-state index in [1.165, 1.54) is 48.7 Å². The molecule has 0 spiro atoms. The molecule has 0 aliphatic carbocycles. The Labute approximate surface area is 229 Å². The van der Waals surface area contributed by atoms with Gasteiger partial charge in [0.15, 0.2) is 0 Å². The van der Waals surface area contributed by atoms with Gasteiger partial charge in [0.25, 0.3) is 0 Å². The molecule has 0 saturated carbocycles. The van der Waals surface area contributed by atoms with Gasteiger partial charge in [0.2, 0.25) is 0 Å². The number of rotatable bonds is 4. The Kier molecular flexibility index (Phi) is 5.96. The average molecular weight is 518 g/mol. The summed E-state index contributed by atoms with van der Waals surface area (Å²) >= 11 is 1.78. The molecular weight excluding hydrogens is 482 g/mol. The molecule has 6 rings (SSSR count). The molecule has 3 aromatic heterocycles. The van der Waals surface area contributed by atoms with Gasteiger partial charge in [-0.05, 0) is 87.9 Å². The number of furan rings is 1. The summed E-state index contributed by atoms with van der Waals surface area (Å²) in [4.78, 5) is 5.22. The molecule has 0 N–H and O–H groups in total. The van der Waals surface area contributed by atoms with Crippen molar-refractivity contribution in [3.63, 3.8) is 0 Å². The van der Waals surface area contributed by atoms with Gasteiger partial charge >= 0.3 is 0 Å². The number of aryl methyl sites for hydroxylation is 2. The summed E-state index contributed by atoms with van der Waals surface area (Å²) in [5, 5.41) is 6.00. The van der Waals surface area contributed by atoms with Gasteiger partial charge in [-0.15, -0.1) is 11.3 Å². The third-order valence-electron chi connectivity index (χ3n) is 7.61. The van der Waals surface area contributed by atoms with Crippen LogP contribution >= 0.6 is 11.3 Å². The molecule has 0 aliphatic heterocycles. The van der Waals surface area contributed by atoms with Gasteiger partial charge < -0.3 is 4.42 Å².